The van der Waals surface area contributed by atoms with Gasteiger partial charge in [-0.2, -0.15) is 5.10 Å². The second kappa shape index (κ2) is 8.58. The summed E-state index contributed by atoms with van der Waals surface area (Å²) in [6, 6.07) is 7.34. The standard InChI is InChI=1S/C17H17N5O4S/c1-2-3-13-20-21-16(26-13)11-6-4-10(5-7-11)9-18-22-17-19-15(25)12(27-17)8-14(23)24/h4-7,9,12H,2-3,8H2,1H3,(H,23,24)(H,19,22,25). The van der Waals surface area contributed by atoms with E-state index < -0.39 is 11.2 Å². The zero-order valence-electron chi connectivity index (χ0n) is 14.5. The molecular formula is C17H17N5O4S. The summed E-state index contributed by atoms with van der Waals surface area (Å²) in [7, 11) is 0. The van der Waals surface area contributed by atoms with E-state index in [4.69, 9.17) is 9.52 Å². The Bertz CT molecular complexity index is 891. The number of carbonyl (C=O) groups is 2. The topological polar surface area (TPSA) is 130 Å². The molecule has 1 amide bonds. The van der Waals surface area contributed by atoms with Crippen LogP contribution >= 0.6 is 11.8 Å². The van der Waals surface area contributed by atoms with Crippen molar-refractivity contribution in [2.45, 2.75) is 31.4 Å². The fraction of sp³-hybridized carbons (Fsp3) is 0.294. The maximum absolute atomic E-state index is 11.6. The molecular weight excluding hydrogens is 370 g/mol. The van der Waals surface area contributed by atoms with Gasteiger partial charge in [0.15, 0.2) is 5.17 Å². The average molecular weight is 387 g/mol. The minimum atomic E-state index is -1.03. The van der Waals surface area contributed by atoms with Gasteiger partial charge in [0, 0.05) is 12.0 Å². The Morgan fingerprint density at radius 1 is 1.37 bits per heavy atom. The largest absolute Gasteiger partial charge is 0.481 e. The lowest BCUT2D eigenvalue weighted by atomic mass is 10.1. The van der Waals surface area contributed by atoms with E-state index in [0.29, 0.717) is 11.8 Å². The van der Waals surface area contributed by atoms with Gasteiger partial charge in [0.05, 0.1) is 12.6 Å². The molecule has 1 aliphatic heterocycles. The number of nitrogens with one attached hydrogen (secondary N) is 1. The van der Waals surface area contributed by atoms with Gasteiger partial charge in [-0.1, -0.05) is 30.8 Å². The van der Waals surface area contributed by atoms with Gasteiger partial charge in [0.1, 0.15) is 5.25 Å². The van der Waals surface area contributed by atoms with Gasteiger partial charge in [0.2, 0.25) is 17.7 Å². The molecule has 0 radical (unpaired) electrons. The number of amidine groups is 1. The summed E-state index contributed by atoms with van der Waals surface area (Å²) in [5.41, 5.74) is 1.61. The molecule has 1 atom stereocenters. The summed E-state index contributed by atoms with van der Waals surface area (Å²) < 4.78 is 5.58. The second-order valence-electron chi connectivity index (χ2n) is 5.72. The molecule has 140 valence electrons. The van der Waals surface area contributed by atoms with E-state index in [-0.39, 0.29) is 17.5 Å². The van der Waals surface area contributed by atoms with Crippen LogP contribution in [0.5, 0.6) is 0 Å². The Kier molecular flexibility index (Phi) is 5.97. The number of amides is 1. The molecule has 0 bridgehead atoms. The molecule has 27 heavy (non-hydrogen) atoms. The zero-order valence-corrected chi connectivity index (χ0v) is 15.3. The minimum absolute atomic E-state index is 0.254. The number of thioether (sulfide) groups is 1. The quantitative estimate of drug-likeness (QED) is 0.549. The number of rotatable bonds is 7. The van der Waals surface area contributed by atoms with E-state index in [0.717, 1.165) is 35.7 Å². The third kappa shape index (κ3) is 5.00. The van der Waals surface area contributed by atoms with E-state index in [9.17, 15) is 9.59 Å². The number of nitrogens with zero attached hydrogens (tertiary/aromatic N) is 4. The molecule has 0 spiro atoms. The first-order valence-electron chi connectivity index (χ1n) is 8.28. The van der Waals surface area contributed by atoms with Crippen molar-refractivity contribution in [3.8, 4) is 11.5 Å². The van der Waals surface area contributed by atoms with Crippen LogP contribution in [0.1, 0.15) is 31.2 Å². The van der Waals surface area contributed by atoms with E-state index in [1.165, 1.54) is 6.21 Å². The molecule has 2 heterocycles. The monoisotopic (exact) mass is 387 g/mol. The third-order valence-electron chi connectivity index (χ3n) is 3.58. The highest BCUT2D eigenvalue weighted by Crippen LogP contribution is 2.22. The van der Waals surface area contributed by atoms with Gasteiger partial charge in [-0.15, -0.1) is 15.3 Å². The van der Waals surface area contributed by atoms with Gasteiger partial charge in [-0.3, -0.25) is 9.59 Å². The number of aryl methyl sites for hydroxylation is 1. The van der Waals surface area contributed by atoms with Crippen molar-refractivity contribution in [1.82, 2.24) is 15.5 Å². The number of aliphatic carboxylic acids is 1. The van der Waals surface area contributed by atoms with E-state index in [1.54, 1.807) is 0 Å². The first-order chi connectivity index (χ1) is 13.0. The average Bonchev–Trinajstić information content (AvgIpc) is 3.23. The SMILES string of the molecule is CCCc1nnc(-c2ccc(C=NN=C3NC(=O)C(CC(=O)O)S3)cc2)o1. The molecule has 1 aliphatic rings. The lowest BCUT2D eigenvalue weighted by Crippen LogP contribution is -2.26. The molecule has 0 saturated carbocycles. The molecule has 0 aliphatic carbocycles. The molecule has 1 aromatic carbocycles. The summed E-state index contributed by atoms with van der Waals surface area (Å²) in [5.74, 6) is -0.318. The summed E-state index contributed by atoms with van der Waals surface area (Å²) in [4.78, 5) is 22.3. The highest BCUT2D eigenvalue weighted by Gasteiger charge is 2.32. The van der Waals surface area contributed by atoms with Crippen molar-refractivity contribution in [1.29, 1.82) is 0 Å². The first kappa shape index (κ1) is 18.8. The van der Waals surface area contributed by atoms with Gasteiger partial charge in [-0.25, -0.2) is 0 Å². The fourth-order valence-corrected chi connectivity index (χ4v) is 3.21. The molecule has 2 aromatic rings. The number of hydrogen-bond donors (Lipinski definition) is 2. The Labute approximate surface area is 159 Å². The molecule has 9 nitrogen and oxygen atoms in total. The van der Waals surface area contributed by atoms with Crippen LogP contribution in [0.4, 0.5) is 0 Å². The zero-order chi connectivity index (χ0) is 19.2. The maximum atomic E-state index is 11.6. The molecule has 10 heteroatoms. The Hall–Kier alpha value is -3.01. The number of aromatic nitrogens is 2. The smallest absolute Gasteiger partial charge is 0.305 e. The fourth-order valence-electron chi connectivity index (χ4n) is 2.29. The number of benzene rings is 1. The second-order valence-corrected chi connectivity index (χ2v) is 6.91. The summed E-state index contributed by atoms with van der Waals surface area (Å²) in [6.07, 6.45) is 2.97. The van der Waals surface area contributed by atoms with E-state index >= 15 is 0 Å². The van der Waals surface area contributed by atoms with Gasteiger partial charge < -0.3 is 14.8 Å². The van der Waals surface area contributed by atoms with Crippen LogP contribution < -0.4 is 5.32 Å². The van der Waals surface area contributed by atoms with Gasteiger partial charge in [-0.05, 0) is 24.1 Å². The van der Waals surface area contributed by atoms with Crippen molar-refractivity contribution in [2.75, 3.05) is 0 Å². The first-order valence-corrected chi connectivity index (χ1v) is 9.16. The Balaban J connectivity index is 1.61. The normalized spacial score (nSPS) is 18.3. The number of carboxylic acid groups (broad SMARTS) is 1. The Morgan fingerprint density at radius 3 is 2.85 bits per heavy atom. The summed E-state index contributed by atoms with van der Waals surface area (Å²) in [6.45, 7) is 2.04. The van der Waals surface area contributed by atoms with Crippen LogP contribution in [-0.4, -0.2) is 43.8 Å². The number of carboxylic acids is 1. The maximum Gasteiger partial charge on any atom is 0.305 e. The lowest BCUT2D eigenvalue weighted by molar-refractivity contribution is -0.138. The van der Waals surface area contributed by atoms with Crippen LogP contribution in [0.3, 0.4) is 0 Å². The van der Waals surface area contributed by atoms with E-state index in [2.05, 4.69) is 25.7 Å². The van der Waals surface area contributed by atoms with E-state index in [1.807, 2.05) is 31.2 Å². The van der Waals surface area contributed by atoms with Crippen LogP contribution in [0, 0.1) is 0 Å². The number of carbonyl (C=O) groups excluding carboxylic acids is 1. The molecule has 1 unspecified atom stereocenters. The third-order valence-corrected chi connectivity index (χ3v) is 4.65. The molecule has 3 rings (SSSR count). The van der Waals surface area contributed by atoms with Crippen molar-refractivity contribution in [3.63, 3.8) is 0 Å². The van der Waals surface area contributed by atoms with Crippen LogP contribution in [0.25, 0.3) is 11.5 Å². The van der Waals surface area contributed by atoms with Crippen LogP contribution in [0.15, 0.2) is 38.9 Å². The highest BCUT2D eigenvalue weighted by atomic mass is 32.2. The van der Waals surface area contributed by atoms with Gasteiger partial charge in [0.25, 0.3) is 0 Å². The van der Waals surface area contributed by atoms with Crippen LogP contribution in [-0.2, 0) is 16.0 Å². The summed E-state index contributed by atoms with van der Waals surface area (Å²) in [5, 5.41) is 26.7. The summed E-state index contributed by atoms with van der Waals surface area (Å²) >= 11 is 1.06. The van der Waals surface area contributed by atoms with Crippen molar-refractivity contribution in [3.05, 3.63) is 35.7 Å². The van der Waals surface area contributed by atoms with Crippen molar-refractivity contribution >= 4 is 35.0 Å². The lowest BCUT2D eigenvalue weighted by Gasteiger charge is -1.97. The van der Waals surface area contributed by atoms with Crippen molar-refractivity contribution < 1.29 is 19.1 Å². The predicted octanol–water partition coefficient (Wildman–Crippen LogP) is 2.09. The number of hydrogen-bond acceptors (Lipinski definition) is 8. The van der Waals surface area contributed by atoms with Crippen LogP contribution in [0.2, 0.25) is 0 Å². The molecule has 1 saturated heterocycles. The minimum Gasteiger partial charge on any atom is -0.481 e. The highest BCUT2D eigenvalue weighted by molar-refractivity contribution is 8.15. The Morgan fingerprint density at radius 2 is 2.15 bits per heavy atom. The van der Waals surface area contributed by atoms with Crippen molar-refractivity contribution in [2.24, 2.45) is 10.2 Å². The molecule has 1 fully saturated rings. The van der Waals surface area contributed by atoms with Gasteiger partial charge >= 0.3 is 5.97 Å². The molecule has 1 aromatic heterocycles. The molecule has 2 N–H and O–H groups in total. The predicted molar refractivity (Wildman–Crippen MR) is 101 cm³/mol.